The van der Waals surface area contributed by atoms with Crippen molar-refractivity contribution >= 4 is 11.4 Å². The van der Waals surface area contributed by atoms with Gasteiger partial charge in [-0.25, -0.2) is 4.39 Å². The lowest BCUT2D eigenvalue weighted by Gasteiger charge is -2.23. The summed E-state index contributed by atoms with van der Waals surface area (Å²) in [5, 5.41) is 3.30. The number of aryl methyl sites for hydroxylation is 1. The number of para-hydroxylation sites is 1. The summed E-state index contributed by atoms with van der Waals surface area (Å²) in [6, 6.07) is 13.6. The first-order valence-corrected chi connectivity index (χ1v) is 7.36. The van der Waals surface area contributed by atoms with Gasteiger partial charge in [0.15, 0.2) is 0 Å². The van der Waals surface area contributed by atoms with Crippen LogP contribution in [0.25, 0.3) is 0 Å². The summed E-state index contributed by atoms with van der Waals surface area (Å²) < 4.78 is 14.4. The molecule has 1 atom stereocenters. The lowest BCUT2D eigenvalue weighted by atomic mass is 10.1. The number of nitrogens with one attached hydrogen (secondary N) is 1. The van der Waals surface area contributed by atoms with Crippen LogP contribution < -0.4 is 10.2 Å². The van der Waals surface area contributed by atoms with Crippen molar-refractivity contribution < 1.29 is 4.39 Å². The van der Waals surface area contributed by atoms with Crippen molar-refractivity contribution in [3.8, 4) is 0 Å². The molecule has 2 aromatic rings. The van der Waals surface area contributed by atoms with Crippen molar-refractivity contribution in [1.82, 2.24) is 5.32 Å². The first-order chi connectivity index (χ1) is 10.0. The molecule has 2 rings (SSSR count). The average molecular weight is 286 g/mol. The summed E-state index contributed by atoms with van der Waals surface area (Å²) in [4.78, 5) is 1.90. The highest BCUT2D eigenvalue weighted by Gasteiger charge is 2.13. The van der Waals surface area contributed by atoms with Gasteiger partial charge in [-0.2, -0.15) is 0 Å². The molecular formula is C18H23FN2. The van der Waals surface area contributed by atoms with Crippen molar-refractivity contribution in [2.24, 2.45) is 0 Å². The second-order valence-corrected chi connectivity index (χ2v) is 5.34. The van der Waals surface area contributed by atoms with Gasteiger partial charge in [-0.1, -0.05) is 31.2 Å². The molecule has 0 aliphatic rings. The van der Waals surface area contributed by atoms with Crippen LogP contribution in [0.2, 0.25) is 0 Å². The van der Waals surface area contributed by atoms with Crippen molar-refractivity contribution in [1.29, 1.82) is 0 Å². The molecule has 0 radical (unpaired) electrons. The van der Waals surface area contributed by atoms with Crippen LogP contribution in [0.5, 0.6) is 0 Å². The zero-order valence-electron chi connectivity index (χ0n) is 13.2. The Balaban J connectivity index is 2.31. The van der Waals surface area contributed by atoms with Crippen LogP contribution in [0.15, 0.2) is 42.5 Å². The largest absolute Gasteiger partial charge is 0.342 e. The highest BCUT2D eigenvalue weighted by Crippen LogP contribution is 2.30. The number of hydrogen-bond acceptors (Lipinski definition) is 2. The van der Waals surface area contributed by atoms with Gasteiger partial charge < -0.3 is 10.2 Å². The Hall–Kier alpha value is -1.87. The lowest BCUT2D eigenvalue weighted by molar-refractivity contribution is 0.583. The monoisotopic (exact) mass is 286 g/mol. The number of hydrogen-bond donors (Lipinski definition) is 1. The number of benzene rings is 2. The van der Waals surface area contributed by atoms with Crippen molar-refractivity contribution in [2.45, 2.75) is 26.8 Å². The SMILES string of the molecule is CCNC(C)c1ccc(N(C)c2ccccc2C)c(F)c1. The summed E-state index contributed by atoms with van der Waals surface area (Å²) in [5.41, 5.74) is 3.71. The van der Waals surface area contributed by atoms with Crippen LogP contribution in [0.3, 0.4) is 0 Å². The molecule has 1 unspecified atom stereocenters. The van der Waals surface area contributed by atoms with Gasteiger partial charge in [0.1, 0.15) is 5.82 Å². The van der Waals surface area contributed by atoms with Crippen LogP contribution in [-0.2, 0) is 0 Å². The minimum atomic E-state index is -0.192. The number of rotatable bonds is 5. The zero-order chi connectivity index (χ0) is 15.4. The maximum Gasteiger partial charge on any atom is 0.147 e. The van der Waals surface area contributed by atoms with Crippen molar-refractivity contribution in [3.05, 3.63) is 59.4 Å². The van der Waals surface area contributed by atoms with E-state index in [1.807, 2.05) is 69.1 Å². The van der Waals surface area contributed by atoms with Crippen molar-refractivity contribution in [3.63, 3.8) is 0 Å². The predicted octanol–water partition coefficient (Wildman–Crippen LogP) is 4.57. The molecule has 0 fully saturated rings. The molecule has 0 saturated heterocycles. The van der Waals surface area contributed by atoms with E-state index in [-0.39, 0.29) is 11.9 Å². The van der Waals surface area contributed by atoms with E-state index in [1.54, 1.807) is 6.07 Å². The van der Waals surface area contributed by atoms with Gasteiger partial charge in [0.05, 0.1) is 5.69 Å². The number of nitrogens with zero attached hydrogens (tertiary/aromatic N) is 1. The Morgan fingerprint density at radius 1 is 1.14 bits per heavy atom. The molecule has 0 amide bonds. The average Bonchev–Trinajstić information content (AvgIpc) is 2.47. The molecule has 0 bridgehead atoms. The van der Waals surface area contributed by atoms with Crippen LogP contribution in [0.4, 0.5) is 15.8 Å². The summed E-state index contributed by atoms with van der Waals surface area (Å²) in [6.45, 7) is 7.00. The fraction of sp³-hybridized carbons (Fsp3) is 0.333. The van der Waals surface area contributed by atoms with Crippen molar-refractivity contribution in [2.75, 3.05) is 18.5 Å². The van der Waals surface area contributed by atoms with E-state index >= 15 is 0 Å². The first-order valence-electron chi connectivity index (χ1n) is 7.36. The van der Waals surface area contributed by atoms with E-state index < -0.39 is 0 Å². The van der Waals surface area contributed by atoms with E-state index in [1.165, 1.54) is 0 Å². The Labute approximate surface area is 126 Å². The van der Waals surface area contributed by atoms with Gasteiger partial charge in [-0.05, 0) is 49.7 Å². The third-order valence-electron chi connectivity index (χ3n) is 3.82. The molecule has 0 saturated carbocycles. The first kappa shape index (κ1) is 15.5. The number of halogens is 1. The summed E-state index contributed by atoms with van der Waals surface area (Å²) in [7, 11) is 1.90. The Morgan fingerprint density at radius 2 is 1.86 bits per heavy atom. The highest BCUT2D eigenvalue weighted by atomic mass is 19.1. The van der Waals surface area contributed by atoms with Gasteiger partial charge in [0, 0.05) is 18.8 Å². The van der Waals surface area contributed by atoms with Crippen LogP contribution >= 0.6 is 0 Å². The fourth-order valence-electron chi connectivity index (χ4n) is 2.56. The zero-order valence-corrected chi connectivity index (χ0v) is 13.2. The molecule has 2 nitrogen and oxygen atoms in total. The minimum absolute atomic E-state index is 0.155. The van der Waals surface area contributed by atoms with E-state index in [0.29, 0.717) is 5.69 Å². The summed E-state index contributed by atoms with van der Waals surface area (Å²) >= 11 is 0. The van der Waals surface area contributed by atoms with E-state index in [4.69, 9.17) is 0 Å². The summed E-state index contributed by atoms with van der Waals surface area (Å²) in [6.07, 6.45) is 0. The van der Waals surface area contributed by atoms with Gasteiger partial charge in [-0.15, -0.1) is 0 Å². The Morgan fingerprint density at radius 3 is 2.48 bits per heavy atom. The molecule has 0 spiro atoms. The third-order valence-corrected chi connectivity index (χ3v) is 3.82. The molecule has 0 aliphatic carbocycles. The molecule has 0 aromatic heterocycles. The van der Waals surface area contributed by atoms with E-state index in [0.717, 1.165) is 23.4 Å². The second kappa shape index (κ2) is 6.72. The van der Waals surface area contributed by atoms with Gasteiger partial charge in [0.2, 0.25) is 0 Å². The summed E-state index contributed by atoms with van der Waals surface area (Å²) in [5.74, 6) is -0.192. The molecule has 3 heteroatoms. The number of anilines is 2. The third kappa shape index (κ3) is 3.42. The normalized spacial score (nSPS) is 12.2. The standard InChI is InChI=1S/C18H23FN2/c1-5-20-14(3)15-10-11-18(16(19)12-15)21(4)17-9-7-6-8-13(17)2/h6-12,14,20H,5H2,1-4H3. The predicted molar refractivity (Wildman–Crippen MR) is 87.7 cm³/mol. The molecule has 0 aliphatic heterocycles. The smallest absolute Gasteiger partial charge is 0.147 e. The van der Waals surface area contributed by atoms with Gasteiger partial charge in [-0.3, -0.25) is 0 Å². The quantitative estimate of drug-likeness (QED) is 0.866. The van der Waals surface area contributed by atoms with E-state index in [9.17, 15) is 4.39 Å². The Bertz CT molecular complexity index is 610. The maximum absolute atomic E-state index is 14.4. The fourth-order valence-corrected chi connectivity index (χ4v) is 2.56. The second-order valence-electron chi connectivity index (χ2n) is 5.34. The molecule has 0 heterocycles. The lowest BCUT2D eigenvalue weighted by Crippen LogP contribution is -2.18. The molecule has 2 aromatic carbocycles. The Kier molecular flexibility index (Phi) is 4.97. The molecule has 21 heavy (non-hydrogen) atoms. The topological polar surface area (TPSA) is 15.3 Å². The van der Waals surface area contributed by atoms with Crippen LogP contribution in [0, 0.1) is 12.7 Å². The van der Waals surface area contributed by atoms with Crippen LogP contribution in [-0.4, -0.2) is 13.6 Å². The van der Waals surface area contributed by atoms with E-state index in [2.05, 4.69) is 5.32 Å². The van der Waals surface area contributed by atoms with Crippen LogP contribution in [0.1, 0.15) is 31.0 Å². The van der Waals surface area contributed by atoms with Gasteiger partial charge in [0.25, 0.3) is 0 Å². The molecular weight excluding hydrogens is 263 g/mol. The van der Waals surface area contributed by atoms with Gasteiger partial charge >= 0.3 is 0 Å². The molecule has 112 valence electrons. The highest BCUT2D eigenvalue weighted by molar-refractivity contribution is 5.66. The maximum atomic E-state index is 14.4. The molecule has 1 N–H and O–H groups in total. The minimum Gasteiger partial charge on any atom is -0.342 e.